The Hall–Kier alpha value is -2.31. The van der Waals surface area contributed by atoms with Crippen molar-refractivity contribution < 1.29 is 9.53 Å². The number of nitrogens with zero attached hydrogens (tertiary/aromatic N) is 4. The van der Waals surface area contributed by atoms with Crippen molar-refractivity contribution in [3.8, 4) is 0 Å². The Kier molecular flexibility index (Phi) is 4.72. The van der Waals surface area contributed by atoms with Gasteiger partial charge in [-0.15, -0.1) is 0 Å². The number of hydrogen-bond donors (Lipinski definition) is 0. The van der Waals surface area contributed by atoms with Crippen molar-refractivity contribution in [3.05, 3.63) is 60.2 Å². The van der Waals surface area contributed by atoms with E-state index in [9.17, 15) is 4.79 Å². The van der Waals surface area contributed by atoms with Crippen molar-refractivity contribution in [3.63, 3.8) is 0 Å². The molecule has 6 heteroatoms. The van der Waals surface area contributed by atoms with Crippen LogP contribution in [0.25, 0.3) is 0 Å². The van der Waals surface area contributed by atoms with Gasteiger partial charge in [0.2, 0.25) is 0 Å². The third kappa shape index (κ3) is 3.70. The highest BCUT2D eigenvalue weighted by molar-refractivity contribution is 5.94. The SMILES string of the molecule is O=C(c1ccncc1)N1CCN2C[C@H](OCc3cccnc3)C[C@H]2C1. The Labute approximate surface area is 147 Å². The maximum absolute atomic E-state index is 12.6. The fourth-order valence-electron chi connectivity index (χ4n) is 3.68. The molecule has 25 heavy (non-hydrogen) atoms. The van der Waals surface area contributed by atoms with Crippen LogP contribution in [0.3, 0.4) is 0 Å². The average molecular weight is 338 g/mol. The summed E-state index contributed by atoms with van der Waals surface area (Å²) in [7, 11) is 0. The van der Waals surface area contributed by atoms with Gasteiger partial charge in [-0.1, -0.05) is 6.07 Å². The minimum atomic E-state index is 0.0989. The van der Waals surface area contributed by atoms with Gasteiger partial charge in [0.25, 0.3) is 5.91 Å². The average Bonchev–Trinajstić information content (AvgIpc) is 3.09. The molecule has 4 rings (SSSR count). The van der Waals surface area contributed by atoms with E-state index in [1.54, 1.807) is 30.7 Å². The summed E-state index contributed by atoms with van der Waals surface area (Å²) in [5, 5.41) is 0. The summed E-state index contributed by atoms with van der Waals surface area (Å²) >= 11 is 0. The molecule has 2 fully saturated rings. The first kappa shape index (κ1) is 16.2. The van der Waals surface area contributed by atoms with E-state index in [1.165, 1.54) is 0 Å². The van der Waals surface area contributed by atoms with Gasteiger partial charge < -0.3 is 9.64 Å². The molecule has 2 aromatic rings. The Morgan fingerprint density at radius 2 is 2.00 bits per heavy atom. The van der Waals surface area contributed by atoms with Crippen LogP contribution in [0, 0.1) is 0 Å². The highest BCUT2D eigenvalue weighted by Gasteiger charge is 2.37. The van der Waals surface area contributed by atoms with Crippen molar-refractivity contribution in [1.82, 2.24) is 19.8 Å². The lowest BCUT2D eigenvalue weighted by molar-refractivity contribution is 0.0450. The zero-order chi connectivity index (χ0) is 17.1. The van der Waals surface area contributed by atoms with E-state index in [-0.39, 0.29) is 12.0 Å². The molecule has 0 aromatic carbocycles. The lowest BCUT2D eigenvalue weighted by atomic mass is 10.1. The molecule has 0 bridgehead atoms. The summed E-state index contributed by atoms with van der Waals surface area (Å²) in [4.78, 5) is 25.1. The maximum Gasteiger partial charge on any atom is 0.254 e. The van der Waals surface area contributed by atoms with Gasteiger partial charge in [0.15, 0.2) is 0 Å². The molecule has 0 aliphatic carbocycles. The molecule has 0 N–H and O–H groups in total. The first-order valence-corrected chi connectivity index (χ1v) is 8.73. The zero-order valence-electron chi connectivity index (χ0n) is 14.1. The van der Waals surface area contributed by atoms with Crippen molar-refractivity contribution in [1.29, 1.82) is 0 Å². The Bertz CT molecular complexity index is 710. The number of amides is 1. The molecule has 6 nitrogen and oxygen atoms in total. The molecular weight excluding hydrogens is 316 g/mol. The van der Waals surface area contributed by atoms with Crippen LogP contribution in [0.1, 0.15) is 22.3 Å². The highest BCUT2D eigenvalue weighted by Crippen LogP contribution is 2.25. The highest BCUT2D eigenvalue weighted by atomic mass is 16.5. The Morgan fingerprint density at radius 3 is 2.80 bits per heavy atom. The van der Waals surface area contributed by atoms with Crippen LogP contribution in [0.5, 0.6) is 0 Å². The molecular formula is C19H22N4O2. The Morgan fingerprint density at radius 1 is 1.12 bits per heavy atom. The van der Waals surface area contributed by atoms with Crippen molar-refractivity contribution in [2.45, 2.75) is 25.2 Å². The van der Waals surface area contributed by atoms with E-state index in [0.29, 0.717) is 18.2 Å². The third-order valence-electron chi connectivity index (χ3n) is 5.00. The summed E-state index contributed by atoms with van der Waals surface area (Å²) in [6.45, 7) is 4.00. The third-order valence-corrected chi connectivity index (χ3v) is 5.00. The van der Waals surface area contributed by atoms with Crippen LogP contribution in [0.4, 0.5) is 0 Å². The molecule has 2 aliphatic rings. The molecule has 2 saturated heterocycles. The van der Waals surface area contributed by atoms with Gasteiger partial charge in [0.1, 0.15) is 0 Å². The van der Waals surface area contributed by atoms with Gasteiger partial charge in [-0.05, 0) is 30.2 Å². The topological polar surface area (TPSA) is 58.6 Å². The predicted molar refractivity (Wildman–Crippen MR) is 92.9 cm³/mol. The first-order chi connectivity index (χ1) is 12.3. The number of piperazine rings is 1. The second kappa shape index (κ2) is 7.29. The van der Waals surface area contributed by atoms with E-state index >= 15 is 0 Å². The number of carbonyl (C=O) groups excluding carboxylic acids is 1. The van der Waals surface area contributed by atoms with Crippen LogP contribution in [-0.4, -0.2) is 64.0 Å². The first-order valence-electron chi connectivity index (χ1n) is 8.73. The van der Waals surface area contributed by atoms with Crippen molar-refractivity contribution in [2.75, 3.05) is 26.2 Å². The molecule has 0 saturated carbocycles. The summed E-state index contributed by atoms with van der Waals surface area (Å²) in [6.07, 6.45) is 8.15. The molecule has 2 aromatic heterocycles. The van der Waals surface area contributed by atoms with Gasteiger partial charge in [0.05, 0.1) is 12.7 Å². The molecule has 1 amide bonds. The smallest absolute Gasteiger partial charge is 0.254 e. The fourth-order valence-corrected chi connectivity index (χ4v) is 3.68. The number of carbonyl (C=O) groups is 1. The van der Waals surface area contributed by atoms with E-state index in [0.717, 1.165) is 38.2 Å². The molecule has 130 valence electrons. The van der Waals surface area contributed by atoms with E-state index in [2.05, 4.69) is 14.9 Å². The summed E-state index contributed by atoms with van der Waals surface area (Å²) in [5.41, 5.74) is 1.81. The number of ether oxygens (including phenoxy) is 1. The lowest BCUT2D eigenvalue weighted by Crippen LogP contribution is -2.52. The summed E-state index contributed by atoms with van der Waals surface area (Å²) < 4.78 is 6.07. The minimum absolute atomic E-state index is 0.0989. The van der Waals surface area contributed by atoms with Crippen LogP contribution < -0.4 is 0 Å². The number of fused-ring (bicyclic) bond motifs is 1. The quantitative estimate of drug-likeness (QED) is 0.847. The van der Waals surface area contributed by atoms with Crippen LogP contribution in [0.2, 0.25) is 0 Å². The fraction of sp³-hybridized carbons (Fsp3) is 0.421. The lowest BCUT2D eigenvalue weighted by Gasteiger charge is -2.37. The van der Waals surface area contributed by atoms with Crippen LogP contribution in [-0.2, 0) is 11.3 Å². The van der Waals surface area contributed by atoms with Crippen LogP contribution >= 0.6 is 0 Å². The minimum Gasteiger partial charge on any atom is -0.372 e. The van der Waals surface area contributed by atoms with E-state index in [1.807, 2.05) is 23.2 Å². The Balaban J connectivity index is 1.32. The number of aromatic nitrogens is 2. The molecule has 0 unspecified atom stereocenters. The summed E-state index contributed by atoms with van der Waals surface area (Å²) in [5.74, 6) is 0.0989. The molecule has 2 atom stereocenters. The monoisotopic (exact) mass is 338 g/mol. The van der Waals surface area contributed by atoms with E-state index in [4.69, 9.17) is 4.74 Å². The second-order valence-corrected chi connectivity index (χ2v) is 6.67. The van der Waals surface area contributed by atoms with Crippen molar-refractivity contribution in [2.24, 2.45) is 0 Å². The van der Waals surface area contributed by atoms with Crippen LogP contribution in [0.15, 0.2) is 49.1 Å². The molecule has 0 radical (unpaired) electrons. The van der Waals surface area contributed by atoms with Gasteiger partial charge in [-0.2, -0.15) is 0 Å². The van der Waals surface area contributed by atoms with Gasteiger partial charge in [-0.3, -0.25) is 19.7 Å². The van der Waals surface area contributed by atoms with E-state index < -0.39 is 0 Å². The normalized spacial score (nSPS) is 23.4. The van der Waals surface area contributed by atoms with Crippen molar-refractivity contribution >= 4 is 5.91 Å². The number of hydrogen-bond acceptors (Lipinski definition) is 5. The van der Waals surface area contributed by atoms with Gasteiger partial charge in [0, 0.05) is 62.6 Å². The van der Waals surface area contributed by atoms with Gasteiger partial charge in [-0.25, -0.2) is 0 Å². The maximum atomic E-state index is 12.6. The number of pyridine rings is 2. The second-order valence-electron chi connectivity index (χ2n) is 6.67. The molecule has 4 heterocycles. The largest absolute Gasteiger partial charge is 0.372 e. The predicted octanol–water partition coefficient (Wildman–Crippen LogP) is 1.59. The van der Waals surface area contributed by atoms with Gasteiger partial charge >= 0.3 is 0 Å². The molecule has 0 spiro atoms. The number of rotatable bonds is 4. The molecule has 2 aliphatic heterocycles. The standard InChI is InChI=1S/C19H22N4O2/c24-19(16-3-6-20-7-4-16)23-9-8-22-13-18(10-17(22)12-23)25-14-15-2-1-5-21-11-15/h1-7,11,17-18H,8-10,12-14H2/t17-,18+/m0/s1. The summed E-state index contributed by atoms with van der Waals surface area (Å²) in [6, 6.07) is 7.91. The zero-order valence-corrected chi connectivity index (χ0v) is 14.1.